The molecule has 0 spiro atoms. The van der Waals surface area contributed by atoms with E-state index < -0.39 is 0 Å². The number of nitrogens with zero attached hydrogens (tertiary/aromatic N) is 1. The van der Waals surface area contributed by atoms with E-state index in [2.05, 4.69) is 21.4 Å². The van der Waals surface area contributed by atoms with Gasteiger partial charge in [-0.15, -0.1) is 0 Å². The Morgan fingerprint density at radius 3 is 2.96 bits per heavy atom. The van der Waals surface area contributed by atoms with Crippen molar-refractivity contribution in [1.82, 2.24) is 15.3 Å². The molecule has 2 aromatic heterocycles. The molecule has 2 heterocycles. The number of aromatic amines is 1. The molecule has 5 nitrogen and oxygen atoms in total. The number of para-hydroxylation sites is 1. The minimum atomic E-state index is -0.301. The second kappa shape index (κ2) is 6.28. The first-order valence-corrected chi connectivity index (χ1v) is 8.13. The van der Waals surface area contributed by atoms with Crippen molar-refractivity contribution in [3.63, 3.8) is 0 Å². The lowest BCUT2D eigenvalue weighted by Gasteiger charge is -2.08. The van der Waals surface area contributed by atoms with E-state index in [1.165, 1.54) is 0 Å². The summed E-state index contributed by atoms with van der Waals surface area (Å²) in [5.74, 6) is -0.338. The SMILES string of the molecule is O=C(NCCc1c[nH]c2ccccc12)c1cc2ncccc2cc1O. The number of aromatic hydroxyl groups is 1. The van der Waals surface area contributed by atoms with Gasteiger partial charge >= 0.3 is 0 Å². The van der Waals surface area contributed by atoms with E-state index in [4.69, 9.17) is 0 Å². The summed E-state index contributed by atoms with van der Waals surface area (Å²) >= 11 is 0. The van der Waals surface area contributed by atoms with Crippen LogP contribution in [0.5, 0.6) is 5.75 Å². The van der Waals surface area contributed by atoms with Crippen LogP contribution in [-0.2, 0) is 6.42 Å². The second-order valence-electron chi connectivity index (χ2n) is 5.93. The highest BCUT2D eigenvalue weighted by Crippen LogP contribution is 2.23. The maximum atomic E-state index is 12.4. The highest BCUT2D eigenvalue weighted by Gasteiger charge is 2.13. The number of carbonyl (C=O) groups is 1. The maximum Gasteiger partial charge on any atom is 0.255 e. The number of aromatic nitrogens is 2. The molecule has 0 fully saturated rings. The third-order valence-electron chi connectivity index (χ3n) is 4.32. The van der Waals surface area contributed by atoms with Crippen LogP contribution in [-0.4, -0.2) is 27.5 Å². The Kier molecular flexibility index (Phi) is 3.82. The average Bonchev–Trinajstić information content (AvgIpc) is 3.04. The second-order valence-corrected chi connectivity index (χ2v) is 5.93. The Morgan fingerprint density at radius 1 is 1.16 bits per heavy atom. The molecule has 0 saturated carbocycles. The van der Waals surface area contributed by atoms with Gasteiger partial charge in [-0.2, -0.15) is 0 Å². The topological polar surface area (TPSA) is 78.0 Å². The van der Waals surface area contributed by atoms with Crippen LogP contribution in [0.2, 0.25) is 0 Å². The lowest BCUT2D eigenvalue weighted by Crippen LogP contribution is -2.25. The smallest absolute Gasteiger partial charge is 0.255 e. The van der Waals surface area contributed by atoms with Crippen molar-refractivity contribution >= 4 is 27.7 Å². The molecule has 0 radical (unpaired) electrons. The van der Waals surface area contributed by atoms with E-state index in [1.54, 1.807) is 24.4 Å². The van der Waals surface area contributed by atoms with Gasteiger partial charge in [0.1, 0.15) is 5.75 Å². The van der Waals surface area contributed by atoms with Crippen molar-refractivity contribution in [3.05, 3.63) is 72.1 Å². The van der Waals surface area contributed by atoms with Gasteiger partial charge in [0.05, 0.1) is 11.1 Å². The molecule has 2 aromatic carbocycles. The molecular weight excluding hydrogens is 314 g/mol. The lowest BCUT2D eigenvalue weighted by molar-refractivity contribution is 0.0951. The van der Waals surface area contributed by atoms with Crippen molar-refractivity contribution in [1.29, 1.82) is 0 Å². The van der Waals surface area contributed by atoms with Crippen molar-refractivity contribution < 1.29 is 9.90 Å². The molecule has 0 saturated heterocycles. The van der Waals surface area contributed by atoms with Gasteiger partial charge in [-0.05, 0) is 36.2 Å². The standard InChI is InChI=1S/C20H17N3O2/c24-19-10-13-4-3-8-21-18(13)11-16(19)20(25)22-9-7-14-12-23-17-6-2-1-5-15(14)17/h1-6,8,10-12,23-24H,7,9H2,(H,22,25). The fourth-order valence-corrected chi connectivity index (χ4v) is 3.03. The first-order chi connectivity index (χ1) is 12.2. The van der Waals surface area contributed by atoms with Gasteiger partial charge in [-0.3, -0.25) is 9.78 Å². The molecule has 0 unspecified atom stereocenters. The summed E-state index contributed by atoms with van der Waals surface area (Å²) in [6, 6.07) is 14.9. The molecule has 0 aliphatic carbocycles. The number of pyridine rings is 1. The highest BCUT2D eigenvalue weighted by molar-refractivity contribution is 6.00. The molecule has 5 heteroatoms. The summed E-state index contributed by atoms with van der Waals surface area (Å²) in [5.41, 5.74) is 3.16. The van der Waals surface area contributed by atoms with Crippen LogP contribution in [0.1, 0.15) is 15.9 Å². The maximum absolute atomic E-state index is 12.4. The van der Waals surface area contributed by atoms with Gasteiger partial charge in [0.15, 0.2) is 0 Å². The monoisotopic (exact) mass is 331 g/mol. The lowest BCUT2D eigenvalue weighted by atomic mass is 10.1. The fourth-order valence-electron chi connectivity index (χ4n) is 3.03. The van der Waals surface area contributed by atoms with E-state index in [-0.39, 0.29) is 17.2 Å². The zero-order chi connectivity index (χ0) is 17.2. The van der Waals surface area contributed by atoms with Crippen LogP contribution in [0, 0.1) is 0 Å². The van der Waals surface area contributed by atoms with Gasteiger partial charge in [0.25, 0.3) is 5.91 Å². The van der Waals surface area contributed by atoms with E-state index >= 15 is 0 Å². The number of phenols is 1. The number of nitrogens with one attached hydrogen (secondary N) is 2. The molecule has 0 atom stereocenters. The number of rotatable bonds is 4. The zero-order valence-electron chi connectivity index (χ0n) is 13.5. The van der Waals surface area contributed by atoms with E-state index in [1.807, 2.05) is 30.5 Å². The normalized spacial score (nSPS) is 11.0. The predicted molar refractivity (Wildman–Crippen MR) is 97.7 cm³/mol. The molecule has 0 aliphatic heterocycles. The predicted octanol–water partition coefficient (Wildman–Crippen LogP) is 3.39. The largest absolute Gasteiger partial charge is 0.507 e. The van der Waals surface area contributed by atoms with Crippen LogP contribution in [0.4, 0.5) is 0 Å². The summed E-state index contributed by atoms with van der Waals surface area (Å²) < 4.78 is 0. The Hall–Kier alpha value is -3.34. The summed E-state index contributed by atoms with van der Waals surface area (Å²) in [5, 5.41) is 14.9. The zero-order valence-corrected chi connectivity index (χ0v) is 13.5. The summed E-state index contributed by atoms with van der Waals surface area (Å²) in [6.07, 6.45) is 4.34. The number of H-pyrrole nitrogens is 1. The van der Waals surface area contributed by atoms with Crippen LogP contribution >= 0.6 is 0 Å². The van der Waals surface area contributed by atoms with Gasteiger partial charge in [0.2, 0.25) is 0 Å². The summed E-state index contributed by atoms with van der Waals surface area (Å²) in [7, 11) is 0. The number of hydrogen-bond acceptors (Lipinski definition) is 3. The molecule has 4 rings (SSSR count). The number of amides is 1. The highest BCUT2D eigenvalue weighted by atomic mass is 16.3. The van der Waals surface area contributed by atoms with Crippen LogP contribution in [0.25, 0.3) is 21.8 Å². The first kappa shape index (κ1) is 15.2. The molecule has 0 aliphatic rings. The minimum Gasteiger partial charge on any atom is -0.507 e. The summed E-state index contributed by atoms with van der Waals surface area (Å²) in [6.45, 7) is 0.486. The molecular formula is C20H17N3O2. The van der Waals surface area contributed by atoms with E-state index in [9.17, 15) is 9.90 Å². The molecule has 124 valence electrons. The number of hydrogen-bond donors (Lipinski definition) is 3. The number of fused-ring (bicyclic) bond motifs is 2. The third kappa shape index (κ3) is 2.92. The van der Waals surface area contributed by atoms with E-state index in [0.29, 0.717) is 18.5 Å². The van der Waals surface area contributed by atoms with Crippen molar-refractivity contribution in [3.8, 4) is 5.75 Å². The van der Waals surface area contributed by atoms with Crippen molar-refractivity contribution in [2.75, 3.05) is 6.54 Å². The van der Waals surface area contributed by atoms with Crippen LogP contribution < -0.4 is 5.32 Å². The van der Waals surface area contributed by atoms with E-state index in [0.717, 1.165) is 21.9 Å². The molecule has 0 bridgehead atoms. The first-order valence-electron chi connectivity index (χ1n) is 8.13. The average molecular weight is 331 g/mol. The van der Waals surface area contributed by atoms with Gasteiger partial charge in [-0.1, -0.05) is 24.3 Å². The van der Waals surface area contributed by atoms with Crippen LogP contribution in [0.15, 0.2) is 60.9 Å². The van der Waals surface area contributed by atoms with Crippen LogP contribution in [0.3, 0.4) is 0 Å². The van der Waals surface area contributed by atoms with Crippen molar-refractivity contribution in [2.45, 2.75) is 6.42 Å². The fraction of sp³-hybridized carbons (Fsp3) is 0.100. The molecule has 25 heavy (non-hydrogen) atoms. The molecule has 3 N–H and O–H groups in total. The Morgan fingerprint density at radius 2 is 2.04 bits per heavy atom. The molecule has 4 aromatic rings. The number of benzene rings is 2. The Balaban J connectivity index is 1.48. The Bertz CT molecular complexity index is 1070. The summed E-state index contributed by atoms with van der Waals surface area (Å²) in [4.78, 5) is 19.8. The van der Waals surface area contributed by atoms with Gasteiger partial charge in [0, 0.05) is 35.2 Å². The Labute approximate surface area is 144 Å². The van der Waals surface area contributed by atoms with Gasteiger partial charge < -0.3 is 15.4 Å². The quantitative estimate of drug-likeness (QED) is 0.536. The number of carbonyl (C=O) groups excluding carboxylic acids is 1. The third-order valence-corrected chi connectivity index (χ3v) is 4.32. The van der Waals surface area contributed by atoms with Crippen molar-refractivity contribution in [2.24, 2.45) is 0 Å². The minimum absolute atomic E-state index is 0.0369. The molecule has 1 amide bonds. The van der Waals surface area contributed by atoms with Gasteiger partial charge in [-0.25, -0.2) is 0 Å². The number of phenolic OH excluding ortho intramolecular Hbond substituents is 1.